The van der Waals surface area contributed by atoms with E-state index < -0.39 is 96.8 Å². The molecule has 1 aromatic carbocycles. The molecule has 4 atom stereocenters. The van der Waals surface area contributed by atoms with Crippen LogP contribution in [0.3, 0.4) is 0 Å². The van der Waals surface area contributed by atoms with Crippen LogP contribution in [0.4, 0.5) is 10.6 Å². The maximum Gasteiger partial charge on any atom is 0.415 e. The van der Waals surface area contributed by atoms with Gasteiger partial charge in [0.15, 0.2) is 0 Å². The summed E-state index contributed by atoms with van der Waals surface area (Å²) in [5.41, 5.74) is 2.21. The Balaban J connectivity index is 1.04. The van der Waals surface area contributed by atoms with Crippen molar-refractivity contribution in [2.45, 2.75) is 96.2 Å². The summed E-state index contributed by atoms with van der Waals surface area (Å²) < 4.78 is 11.2. The van der Waals surface area contributed by atoms with Gasteiger partial charge in [0.1, 0.15) is 88.3 Å². The highest BCUT2D eigenvalue weighted by Crippen LogP contribution is 2.41. The maximum atomic E-state index is 14.4. The number of pyridine rings is 1. The summed E-state index contributed by atoms with van der Waals surface area (Å²) in [4.78, 5) is 143. The molecule has 1 aliphatic carbocycles. The lowest BCUT2D eigenvalue weighted by Crippen LogP contribution is -2.40. The molecule has 7 aromatic heterocycles. The van der Waals surface area contributed by atoms with Gasteiger partial charge in [-0.2, -0.15) is 0 Å². The van der Waals surface area contributed by atoms with E-state index in [1.807, 2.05) is 13.8 Å². The van der Waals surface area contributed by atoms with E-state index >= 15 is 0 Å². The van der Waals surface area contributed by atoms with Crippen LogP contribution in [-0.4, -0.2) is 131 Å². The predicted molar refractivity (Wildman–Crippen MR) is 336 cm³/mol. The summed E-state index contributed by atoms with van der Waals surface area (Å²) in [5, 5.41) is 53.7. The molecule has 2 aliphatic rings. The third-order valence-electron chi connectivity index (χ3n) is 14.6. The van der Waals surface area contributed by atoms with Gasteiger partial charge >= 0.3 is 18.0 Å². The summed E-state index contributed by atoms with van der Waals surface area (Å²) >= 11 is 6.90. The number of aliphatic hydroxyl groups excluding tert-OH is 1. The number of aliphatic hydroxyl groups is 1. The minimum absolute atomic E-state index is 0.0161. The van der Waals surface area contributed by atoms with Crippen molar-refractivity contribution in [3.8, 4) is 43.4 Å². The topological polar surface area (TPSA) is 369 Å². The number of amides is 6. The summed E-state index contributed by atoms with van der Waals surface area (Å²) in [6.07, 6.45) is -2.14. The smallest absolute Gasteiger partial charge is 0.415 e. The van der Waals surface area contributed by atoms with Gasteiger partial charge in [0.2, 0.25) is 11.8 Å². The first-order valence-corrected chi connectivity index (χ1v) is 33.3. The maximum absolute atomic E-state index is 14.4. The molecular formula is C58H59N13O13S6. The number of aromatic nitrogens is 7. The standard InChI is InChI=1S/C58H59N13O13S6/c1-26(2)42-56-70-45(37(90-56)21-83-5)49(78)60-20-40(73)67-46(47(76)28-9-7-6-8-10-28)55-65-36(24-87-55)53-63-34(22-86-53)44-31(51-64-35(23-85-51)48(77)62-33(19-39(72)59-4)54-69-43(27(3)89-54)50(79)68-42)15-16-32(61-44)52-66-38(25-88-52)71(18-17-41(74)75)58(82)84-30-13-11-29(12-14-30)57(80)81/h6-10,15-16,22-26,29-30,33,42,46-47,76H,11-14,17-21H2,1-5H3,(H,59,72)(H,60,78)(H,62,77)(H,67,73)(H,68,79)(H,74,75)(H,80,81)/t29-,30-,33-,42?,46-,47-/m0/s1. The Labute approximate surface area is 537 Å². The van der Waals surface area contributed by atoms with E-state index in [0.717, 1.165) is 61.6 Å². The first-order chi connectivity index (χ1) is 43.2. The largest absolute Gasteiger partial charge is 0.481 e. The lowest BCUT2D eigenvalue weighted by atomic mass is 9.87. The molecule has 0 radical (unpaired) electrons. The number of hydrogen-bond acceptors (Lipinski definition) is 24. The molecule has 1 saturated carbocycles. The average Bonchev–Trinajstić information content (AvgIpc) is 1.73. The van der Waals surface area contributed by atoms with Gasteiger partial charge in [-0.15, -0.1) is 68.0 Å². The molecule has 8 aromatic rings. The quantitative estimate of drug-likeness (QED) is 0.0506. The number of fused-ring (bicyclic) bond motifs is 14. The highest BCUT2D eigenvalue weighted by Gasteiger charge is 2.35. The van der Waals surface area contributed by atoms with E-state index in [9.17, 15) is 53.7 Å². The van der Waals surface area contributed by atoms with Crippen LogP contribution >= 0.6 is 68.0 Å². The molecule has 1 fully saturated rings. The Kier molecular flexibility index (Phi) is 20.6. The van der Waals surface area contributed by atoms with E-state index in [0.29, 0.717) is 88.7 Å². The van der Waals surface area contributed by atoms with Crippen LogP contribution in [0, 0.1) is 18.8 Å². The number of anilines is 1. The monoisotopic (exact) mass is 1340 g/mol. The van der Waals surface area contributed by atoms with Crippen LogP contribution in [0.5, 0.6) is 0 Å². The molecule has 0 spiro atoms. The molecule has 8 N–H and O–H groups in total. The molecule has 0 saturated heterocycles. The van der Waals surface area contributed by atoms with Crippen molar-refractivity contribution < 1.29 is 63.1 Å². The minimum Gasteiger partial charge on any atom is -0.481 e. The first-order valence-electron chi connectivity index (χ1n) is 28.1. The number of benzene rings is 1. The van der Waals surface area contributed by atoms with Crippen molar-refractivity contribution in [1.82, 2.24) is 61.5 Å². The molecule has 90 heavy (non-hydrogen) atoms. The Hall–Kier alpha value is -8.37. The second-order valence-electron chi connectivity index (χ2n) is 21.1. The molecule has 10 rings (SSSR count). The van der Waals surface area contributed by atoms with Gasteiger partial charge in [-0.25, -0.2) is 39.7 Å². The fraction of sp³-hybridized carbons (Fsp3) is 0.362. The number of nitrogens with one attached hydrogen (secondary N) is 5. The zero-order valence-corrected chi connectivity index (χ0v) is 53.6. The third-order valence-corrected chi connectivity index (χ3v) is 20.3. The summed E-state index contributed by atoms with van der Waals surface area (Å²) in [5.74, 6) is -5.83. The number of carbonyl (C=O) groups excluding carboxylic acids is 6. The van der Waals surface area contributed by atoms with Crippen LogP contribution in [0.2, 0.25) is 0 Å². The average molecular weight is 1340 g/mol. The fourth-order valence-corrected chi connectivity index (χ4v) is 15.4. The number of carbonyl (C=O) groups is 8. The van der Waals surface area contributed by atoms with Gasteiger partial charge in [0.05, 0.1) is 54.6 Å². The lowest BCUT2D eigenvalue weighted by molar-refractivity contribution is -0.143. The molecule has 10 bridgehead atoms. The van der Waals surface area contributed by atoms with Crippen LogP contribution < -0.4 is 31.5 Å². The van der Waals surface area contributed by atoms with Crippen molar-refractivity contribution in [2.24, 2.45) is 11.8 Å². The summed E-state index contributed by atoms with van der Waals surface area (Å²) in [6, 6.07) is 9.17. The molecule has 26 nitrogen and oxygen atoms in total. The number of rotatable bonds is 14. The molecule has 1 aliphatic heterocycles. The van der Waals surface area contributed by atoms with E-state index in [1.54, 1.807) is 70.9 Å². The van der Waals surface area contributed by atoms with E-state index in [-0.39, 0.29) is 59.1 Å². The Bertz CT molecular complexity index is 3980. The third kappa shape index (κ3) is 14.9. The fourth-order valence-electron chi connectivity index (χ4n) is 9.84. The van der Waals surface area contributed by atoms with Gasteiger partial charge in [0.25, 0.3) is 17.7 Å². The van der Waals surface area contributed by atoms with E-state index in [1.165, 1.54) is 25.5 Å². The Morgan fingerprint density at radius 3 is 2.12 bits per heavy atom. The number of nitrogens with zero attached hydrogens (tertiary/aromatic N) is 8. The van der Waals surface area contributed by atoms with Crippen molar-refractivity contribution in [2.75, 3.05) is 32.1 Å². The Morgan fingerprint density at radius 1 is 0.700 bits per heavy atom. The van der Waals surface area contributed by atoms with Crippen LogP contribution in [0.25, 0.3) is 43.4 Å². The number of thiazole rings is 6. The summed E-state index contributed by atoms with van der Waals surface area (Å²) in [7, 11) is 2.91. The van der Waals surface area contributed by atoms with Gasteiger partial charge in [0, 0.05) is 52.7 Å². The van der Waals surface area contributed by atoms with Gasteiger partial charge in [-0.3, -0.25) is 38.5 Å². The zero-order valence-electron chi connectivity index (χ0n) is 48.7. The number of carboxylic acid groups (broad SMARTS) is 2. The normalized spacial score (nSPS) is 18.5. The molecule has 6 amide bonds. The second kappa shape index (κ2) is 28.6. The first kappa shape index (κ1) is 64.6. The van der Waals surface area contributed by atoms with Crippen LogP contribution in [0.15, 0.2) is 64.0 Å². The van der Waals surface area contributed by atoms with Crippen molar-refractivity contribution in [1.29, 1.82) is 0 Å². The van der Waals surface area contributed by atoms with Gasteiger partial charge in [-0.1, -0.05) is 44.2 Å². The van der Waals surface area contributed by atoms with Gasteiger partial charge in [-0.05, 0) is 56.2 Å². The van der Waals surface area contributed by atoms with Crippen molar-refractivity contribution in [3.05, 3.63) is 111 Å². The van der Waals surface area contributed by atoms with Crippen molar-refractivity contribution >= 4 is 121 Å². The highest BCUT2D eigenvalue weighted by atomic mass is 32.1. The van der Waals surface area contributed by atoms with E-state index in [2.05, 4.69) is 36.6 Å². The number of aryl methyl sites for hydroxylation is 1. The SMILES string of the molecule is CNC(=O)C[C@@H]1NC(=O)c2csc(n2)-c2ccc(-c3nc(N(CCC(=O)O)C(=O)O[C@H]4CC[C@H](C(=O)O)CC4)cs3)nc2-c2csc(n2)-c2csc(n2)[C@H]([C@@H](O)c2ccccc2)NC(=O)CNC(=O)c2nc(sc2COC)C(C(C)C)NC(=O)c2nc1sc2C. The molecule has 470 valence electrons. The predicted octanol–water partition coefficient (Wildman–Crippen LogP) is 8.37. The molecule has 8 heterocycles. The summed E-state index contributed by atoms with van der Waals surface area (Å²) in [6.45, 7) is 4.59. The molecular weight excluding hydrogens is 1280 g/mol. The Morgan fingerprint density at radius 2 is 1.40 bits per heavy atom. The molecule has 1 unspecified atom stereocenters. The number of ether oxygens (including phenoxy) is 2. The van der Waals surface area contributed by atoms with Crippen molar-refractivity contribution in [3.63, 3.8) is 0 Å². The zero-order chi connectivity index (χ0) is 63.9. The lowest BCUT2D eigenvalue weighted by Gasteiger charge is -2.28. The van der Waals surface area contributed by atoms with Crippen LogP contribution in [-0.2, 0) is 35.3 Å². The number of carboxylic acids is 2. The number of hydrogen-bond donors (Lipinski definition) is 8. The minimum atomic E-state index is -1.31. The van der Waals surface area contributed by atoms with Gasteiger partial charge < -0.3 is 51.4 Å². The van der Waals surface area contributed by atoms with E-state index in [4.69, 9.17) is 34.4 Å². The number of aliphatic carboxylic acids is 2. The van der Waals surface area contributed by atoms with Crippen LogP contribution in [0.1, 0.15) is 138 Å². The second-order valence-corrected chi connectivity index (χ2v) is 27.0. The highest BCUT2D eigenvalue weighted by molar-refractivity contribution is 7.15. The molecule has 32 heteroatoms. The number of methoxy groups -OCH3 is 1.